The summed E-state index contributed by atoms with van der Waals surface area (Å²) in [5.41, 5.74) is 6.14. The Morgan fingerprint density at radius 3 is 2.71 bits per heavy atom. The number of hydrogen-bond donors (Lipinski definition) is 1. The maximum Gasteiger partial charge on any atom is 0.0740 e. The highest BCUT2D eigenvalue weighted by Crippen LogP contribution is 2.33. The molecule has 2 N–H and O–H groups in total. The standard InChI is InChI=1S/C10H10BrNS2/c1-6-7(11)5-9(14-6)10(12)8-3-2-4-13-8/h2-5,10H,12H2,1H3. The van der Waals surface area contributed by atoms with E-state index in [0.717, 1.165) is 4.47 Å². The Morgan fingerprint density at radius 2 is 2.21 bits per heavy atom. The van der Waals surface area contributed by atoms with Gasteiger partial charge in [0.2, 0.25) is 0 Å². The van der Waals surface area contributed by atoms with Crippen LogP contribution < -0.4 is 5.73 Å². The zero-order valence-electron chi connectivity index (χ0n) is 7.66. The normalized spacial score (nSPS) is 13.1. The van der Waals surface area contributed by atoms with Gasteiger partial charge in [-0.3, -0.25) is 0 Å². The fourth-order valence-electron chi connectivity index (χ4n) is 1.24. The average Bonchev–Trinajstić information content (AvgIpc) is 2.76. The summed E-state index contributed by atoms with van der Waals surface area (Å²) in [4.78, 5) is 3.72. The number of halogens is 1. The molecular weight excluding hydrogens is 278 g/mol. The second-order valence-electron chi connectivity index (χ2n) is 3.05. The number of rotatable bonds is 2. The summed E-state index contributed by atoms with van der Waals surface area (Å²) in [6.07, 6.45) is 0. The molecule has 0 aliphatic carbocycles. The van der Waals surface area contributed by atoms with Crippen molar-refractivity contribution in [2.45, 2.75) is 13.0 Å². The molecule has 0 amide bonds. The van der Waals surface area contributed by atoms with Crippen molar-refractivity contribution < 1.29 is 0 Å². The summed E-state index contributed by atoms with van der Waals surface area (Å²) in [7, 11) is 0. The van der Waals surface area contributed by atoms with Crippen LogP contribution in [0.1, 0.15) is 20.7 Å². The topological polar surface area (TPSA) is 26.0 Å². The SMILES string of the molecule is Cc1sc(C(N)c2cccs2)cc1Br. The van der Waals surface area contributed by atoms with Gasteiger partial charge in [-0.25, -0.2) is 0 Å². The molecule has 0 bridgehead atoms. The molecule has 2 rings (SSSR count). The highest BCUT2D eigenvalue weighted by atomic mass is 79.9. The summed E-state index contributed by atoms with van der Waals surface area (Å²) in [6, 6.07) is 6.27. The number of nitrogens with two attached hydrogens (primary N) is 1. The fraction of sp³-hybridized carbons (Fsp3) is 0.200. The lowest BCUT2D eigenvalue weighted by Gasteiger charge is -2.05. The molecule has 0 aliphatic heterocycles. The summed E-state index contributed by atoms with van der Waals surface area (Å²) in [5.74, 6) is 0. The third-order valence-corrected chi connectivity index (χ3v) is 5.21. The van der Waals surface area contributed by atoms with Gasteiger partial charge >= 0.3 is 0 Å². The van der Waals surface area contributed by atoms with Crippen molar-refractivity contribution >= 4 is 38.6 Å². The van der Waals surface area contributed by atoms with Gasteiger partial charge in [0, 0.05) is 19.1 Å². The molecule has 0 spiro atoms. The molecule has 1 unspecified atom stereocenters. The first-order valence-electron chi connectivity index (χ1n) is 4.23. The van der Waals surface area contributed by atoms with Gasteiger partial charge in [0.25, 0.3) is 0 Å². The number of thiophene rings is 2. The van der Waals surface area contributed by atoms with E-state index < -0.39 is 0 Å². The minimum atomic E-state index is 0.0324. The lowest BCUT2D eigenvalue weighted by Crippen LogP contribution is -2.07. The molecule has 14 heavy (non-hydrogen) atoms. The Labute approximate surface area is 99.7 Å². The largest absolute Gasteiger partial charge is 0.319 e. The summed E-state index contributed by atoms with van der Waals surface area (Å²) in [6.45, 7) is 2.10. The van der Waals surface area contributed by atoms with E-state index >= 15 is 0 Å². The van der Waals surface area contributed by atoms with Crippen LogP contribution >= 0.6 is 38.6 Å². The smallest absolute Gasteiger partial charge is 0.0740 e. The van der Waals surface area contributed by atoms with E-state index in [1.807, 2.05) is 6.07 Å². The van der Waals surface area contributed by atoms with Gasteiger partial charge in [-0.2, -0.15) is 0 Å². The molecule has 0 fully saturated rings. The Hall–Kier alpha value is -0.160. The molecule has 4 heteroatoms. The van der Waals surface area contributed by atoms with Crippen LogP contribution in [0.3, 0.4) is 0 Å². The van der Waals surface area contributed by atoms with Crippen LogP contribution in [-0.2, 0) is 0 Å². The molecule has 0 saturated carbocycles. The van der Waals surface area contributed by atoms with Gasteiger partial charge in [-0.1, -0.05) is 6.07 Å². The van der Waals surface area contributed by atoms with E-state index in [0.29, 0.717) is 0 Å². The van der Waals surface area contributed by atoms with Gasteiger partial charge in [0.1, 0.15) is 0 Å². The third-order valence-electron chi connectivity index (χ3n) is 2.03. The molecule has 0 saturated heterocycles. The van der Waals surface area contributed by atoms with Gasteiger partial charge in [-0.05, 0) is 40.4 Å². The summed E-state index contributed by atoms with van der Waals surface area (Å²) in [5, 5.41) is 2.06. The summed E-state index contributed by atoms with van der Waals surface area (Å²) >= 11 is 6.97. The molecule has 1 nitrogen and oxygen atoms in total. The molecule has 1 atom stereocenters. The first kappa shape index (κ1) is 10.4. The highest BCUT2D eigenvalue weighted by molar-refractivity contribution is 9.10. The average molecular weight is 288 g/mol. The van der Waals surface area contributed by atoms with Crippen LogP contribution in [0.2, 0.25) is 0 Å². The van der Waals surface area contributed by atoms with E-state index in [2.05, 4.69) is 40.4 Å². The van der Waals surface area contributed by atoms with E-state index in [9.17, 15) is 0 Å². The van der Waals surface area contributed by atoms with Gasteiger partial charge in [0.05, 0.1) is 6.04 Å². The molecule has 2 aromatic rings. The van der Waals surface area contributed by atoms with E-state index in [-0.39, 0.29) is 6.04 Å². The van der Waals surface area contributed by atoms with Crippen molar-refractivity contribution in [3.05, 3.63) is 42.7 Å². The zero-order valence-corrected chi connectivity index (χ0v) is 10.9. The Kier molecular flexibility index (Phi) is 3.07. The van der Waals surface area contributed by atoms with Crippen LogP contribution in [0.25, 0.3) is 0 Å². The molecule has 0 aromatic carbocycles. The zero-order chi connectivity index (χ0) is 10.1. The first-order valence-corrected chi connectivity index (χ1v) is 6.72. The highest BCUT2D eigenvalue weighted by Gasteiger charge is 2.13. The van der Waals surface area contributed by atoms with Crippen molar-refractivity contribution in [3.63, 3.8) is 0 Å². The molecule has 0 radical (unpaired) electrons. The molecular formula is C10H10BrNS2. The predicted molar refractivity (Wildman–Crippen MR) is 67.1 cm³/mol. The van der Waals surface area contributed by atoms with Crippen molar-refractivity contribution in [2.75, 3.05) is 0 Å². The van der Waals surface area contributed by atoms with Gasteiger partial charge in [-0.15, -0.1) is 22.7 Å². The van der Waals surface area contributed by atoms with E-state index in [1.54, 1.807) is 22.7 Å². The quantitative estimate of drug-likeness (QED) is 0.890. The molecule has 0 aliphatic rings. The predicted octanol–water partition coefficient (Wildman–Crippen LogP) is 3.93. The maximum absolute atomic E-state index is 6.14. The minimum absolute atomic E-state index is 0.0324. The Bertz CT molecular complexity index is 400. The van der Waals surface area contributed by atoms with Crippen LogP contribution in [0, 0.1) is 6.92 Å². The number of aryl methyl sites for hydroxylation is 1. The lowest BCUT2D eigenvalue weighted by molar-refractivity contribution is 0.917. The molecule has 74 valence electrons. The minimum Gasteiger partial charge on any atom is -0.319 e. The number of hydrogen-bond acceptors (Lipinski definition) is 3. The van der Waals surface area contributed by atoms with Crippen molar-refractivity contribution in [2.24, 2.45) is 5.73 Å². The van der Waals surface area contributed by atoms with Crippen LogP contribution in [-0.4, -0.2) is 0 Å². The van der Waals surface area contributed by atoms with E-state index in [4.69, 9.17) is 5.73 Å². The van der Waals surface area contributed by atoms with Crippen LogP contribution in [0.4, 0.5) is 0 Å². The fourth-order valence-corrected chi connectivity index (χ4v) is 3.64. The summed E-state index contributed by atoms with van der Waals surface area (Å²) < 4.78 is 1.16. The second-order valence-corrected chi connectivity index (χ2v) is 6.17. The third kappa shape index (κ3) is 1.93. The van der Waals surface area contributed by atoms with Crippen molar-refractivity contribution in [1.82, 2.24) is 0 Å². The second kappa shape index (κ2) is 4.14. The van der Waals surface area contributed by atoms with Gasteiger partial charge in [0.15, 0.2) is 0 Å². The Balaban J connectivity index is 2.32. The molecule has 2 aromatic heterocycles. The van der Waals surface area contributed by atoms with Crippen molar-refractivity contribution in [1.29, 1.82) is 0 Å². The van der Waals surface area contributed by atoms with Crippen LogP contribution in [0.15, 0.2) is 28.1 Å². The molecule has 2 heterocycles. The Morgan fingerprint density at radius 1 is 1.43 bits per heavy atom. The first-order chi connectivity index (χ1) is 6.68. The maximum atomic E-state index is 6.14. The van der Waals surface area contributed by atoms with Crippen molar-refractivity contribution in [3.8, 4) is 0 Å². The van der Waals surface area contributed by atoms with E-state index in [1.165, 1.54) is 14.6 Å². The van der Waals surface area contributed by atoms with Crippen LogP contribution in [0.5, 0.6) is 0 Å². The van der Waals surface area contributed by atoms with Gasteiger partial charge < -0.3 is 5.73 Å². The monoisotopic (exact) mass is 287 g/mol. The lowest BCUT2D eigenvalue weighted by atomic mass is 10.2.